The molecule has 10 heteroatoms. The van der Waals surface area contributed by atoms with E-state index in [1.54, 1.807) is 15.9 Å². The summed E-state index contributed by atoms with van der Waals surface area (Å²) < 4.78 is 0. The van der Waals surface area contributed by atoms with Gasteiger partial charge in [-0.25, -0.2) is 9.97 Å². The lowest BCUT2D eigenvalue weighted by Gasteiger charge is -2.29. The molecule has 0 aromatic carbocycles. The predicted molar refractivity (Wildman–Crippen MR) is 113 cm³/mol. The Kier molecular flexibility index (Phi) is 5.06. The number of hydrogen-bond acceptors (Lipinski definition) is 7. The molecule has 1 saturated heterocycles. The number of H-pyrrole nitrogens is 1. The fourth-order valence-electron chi connectivity index (χ4n) is 4.18. The number of carbonyl (C=O) groups excluding carboxylic acids is 2. The maximum atomic E-state index is 12.9. The summed E-state index contributed by atoms with van der Waals surface area (Å²) in [7, 11) is 0. The van der Waals surface area contributed by atoms with Crippen LogP contribution in [-0.4, -0.2) is 54.6 Å². The SMILES string of the molecule is O=C(c1cccs1)N1CCc2nc([C@H]3CCCN3C(=O)c3cnccn3)[nH]c(=O)c2C1. The number of fused-ring (bicyclic) bond motifs is 1. The number of likely N-dealkylation sites (tertiary alicyclic amines) is 1. The molecule has 3 aromatic heterocycles. The Morgan fingerprint density at radius 1 is 1.19 bits per heavy atom. The maximum Gasteiger partial charge on any atom is 0.274 e. The summed E-state index contributed by atoms with van der Waals surface area (Å²) in [6.45, 7) is 1.32. The van der Waals surface area contributed by atoms with Crippen molar-refractivity contribution in [2.45, 2.75) is 31.8 Å². The topological polar surface area (TPSA) is 112 Å². The fraction of sp³-hybridized carbons (Fsp3) is 0.333. The summed E-state index contributed by atoms with van der Waals surface area (Å²) in [5.74, 6) is 0.209. The molecule has 0 unspecified atom stereocenters. The zero-order valence-corrected chi connectivity index (χ0v) is 17.5. The molecule has 0 spiro atoms. The van der Waals surface area contributed by atoms with E-state index in [4.69, 9.17) is 4.98 Å². The monoisotopic (exact) mass is 436 g/mol. The molecular weight excluding hydrogens is 416 g/mol. The summed E-state index contributed by atoms with van der Waals surface area (Å²) in [6, 6.07) is 3.32. The third-order valence-electron chi connectivity index (χ3n) is 5.72. The molecule has 2 amide bonds. The van der Waals surface area contributed by atoms with E-state index in [2.05, 4.69) is 15.0 Å². The summed E-state index contributed by atoms with van der Waals surface area (Å²) in [6.07, 6.45) is 6.50. The molecule has 1 atom stereocenters. The Hall–Kier alpha value is -3.40. The van der Waals surface area contributed by atoms with Gasteiger partial charge in [0.15, 0.2) is 0 Å². The van der Waals surface area contributed by atoms with Crippen LogP contribution in [0.1, 0.15) is 56.1 Å². The summed E-state index contributed by atoms with van der Waals surface area (Å²) in [5, 5.41) is 1.86. The van der Waals surface area contributed by atoms with E-state index >= 15 is 0 Å². The normalized spacial score (nSPS) is 18.1. The lowest BCUT2D eigenvalue weighted by atomic mass is 10.1. The summed E-state index contributed by atoms with van der Waals surface area (Å²) in [5.41, 5.74) is 1.25. The highest BCUT2D eigenvalue weighted by Crippen LogP contribution is 2.31. The molecule has 0 radical (unpaired) electrons. The molecule has 0 saturated carbocycles. The van der Waals surface area contributed by atoms with Gasteiger partial charge in [0, 0.05) is 31.9 Å². The van der Waals surface area contributed by atoms with Crippen LogP contribution < -0.4 is 5.56 Å². The predicted octanol–water partition coefficient (Wildman–Crippen LogP) is 1.80. The van der Waals surface area contributed by atoms with E-state index in [0.717, 1.165) is 12.8 Å². The molecule has 2 aliphatic heterocycles. The minimum atomic E-state index is -0.307. The molecule has 158 valence electrons. The number of nitrogens with zero attached hydrogens (tertiary/aromatic N) is 5. The van der Waals surface area contributed by atoms with Crippen LogP contribution >= 0.6 is 11.3 Å². The van der Waals surface area contributed by atoms with Crippen molar-refractivity contribution < 1.29 is 9.59 Å². The van der Waals surface area contributed by atoms with Crippen molar-refractivity contribution >= 4 is 23.2 Å². The van der Waals surface area contributed by atoms with Crippen LogP contribution in [0.15, 0.2) is 40.9 Å². The second kappa shape index (κ2) is 8.03. The Labute approximate surface area is 181 Å². The Bertz CT molecular complexity index is 1180. The molecule has 3 aromatic rings. The Morgan fingerprint density at radius 3 is 2.87 bits per heavy atom. The highest BCUT2D eigenvalue weighted by atomic mass is 32.1. The molecule has 0 aliphatic carbocycles. The van der Waals surface area contributed by atoms with E-state index in [-0.39, 0.29) is 35.7 Å². The van der Waals surface area contributed by atoms with Crippen LogP contribution in [0.5, 0.6) is 0 Å². The van der Waals surface area contributed by atoms with Gasteiger partial charge in [-0.05, 0) is 24.3 Å². The quantitative estimate of drug-likeness (QED) is 0.670. The van der Waals surface area contributed by atoms with E-state index in [0.29, 0.717) is 41.5 Å². The number of aromatic nitrogens is 4. The second-order valence-corrected chi connectivity index (χ2v) is 8.53. The number of aromatic amines is 1. The van der Waals surface area contributed by atoms with Gasteiger partial charge in [-0.2, -0.15) is 0 Å². The first-order valence-corrected chi connectivity index (χ1v) is 11.0. The smallest absolute Gasteiger partial charge is 0.274 e. The van der Waals surface area contributed by atoms with Gasteiger partial charge in [-0.15, -0.1) is 11.3 Å². The van der Waals surface area contributed by atoms with Crippen LogP contribution in [0.4, 0.5) is 0 Å². The van der Waals surface area contributed by atoms with E-state index < -0.39 is 0 Å². The number of hydrogen-bond donors (Lipinski definition) is 1. The molecule has 0 bridgehead atoms. The van der Waals surface area contributed by atoms with Crippen molar-refractivity contribution in [1.82, 2.24) is 29.7 Å². The standard InChI is InChI=1S/C21H20N6O3S/c28-19-13-12-26(21(30)17-4-2-10-31-17)9-5-14(13)24-18(25-19)16-3-1-8-27(16)20(29)15-11-22-6-7-23-15/h2,4,6-7,10-11,16H,1,3,5,8-9,12H2,(H,24,25,28)/t16-/m1/s1. The van der Waals surface area contributed by atoms with Crippen LogP contribution in [0, 0.1) is 0 Å². The summed E-state index contributed by atoms with van der Waals surface area (Å²) in [4.78, 5) is 58.2. The number of nitrogens with one attached hydrogen (secondary N) is 1. The van der Waals surface area contributed by atoms with Gasteiger partial charge in [0.25, 0.3) is 17.4 Å². The molecular formula is C21H20N6O3S. The van der Waals surface area contributed by atoms with Crippen molar-refractivity contribution in [3.05, 3.63) is 74.1 Å². The van der Waals surface area contributed by atoms with Gasteiger partial charge < -0.3 is 14.8 Å². The van der Waals surface area contributed by atoms with Crippen molar-refractivity contribution in [1.29, 1.82) is 0 Å². The molecule has 5 heterocycles. The third-order valence-corrected chi connectivity index (χ3v) is 6.58. The van der Waals surface area contributed by atoms with E-state index in [1.807, 2.05) is 11.4 Å². The zero-order valence-electron chi connectivity index (χ0n) is 16.7. The average molecular weight is 436 g/mol. The Morgan fingerprint density at radius 2 is 2.10 bits per heavy atom. The highest BCUT2D eigenvalue weighted by Gasteiger charge is 2.34. The molecule has 2 aliphatic rings. The molecule has 31 heavy (non-hydrogen) atoms. The molecule has 1 N–H and O–H groups in total. The van der Waals surface area contributed by atoms with Crippen LogP contribution in [0.2, 0.25) is 0 Å². The zero-order chi connectivity index (χ0) is 21.4. The number of amides is 2. The van der Waals surface area contributed by atoms with Crippen LogP contribution in [0.25, 0.3) is 0 Å². The van der Waals surface area contributed by atoms with Crippen molar-refractivity contribution in [3.63, 3.8) is 0 Å². The first kappa shape index (κ1) is 19.6. The lowest BCUT2D eigenvalue weighted by molar-refractivity contribution is 0.0714. The minimum absolute atomic E-state index is 0.0688. The highest BCUT2D eigenvalue weighted by molar-refractivity contribution is 7.12. The van der Waals surface area contributed by atoms with Crippen molar-refractivity contribution in [3.8, 4) is 0 Å². The van der Waals surface area contributed by atoms with Gasteiger partial charge >= 0.3 is 0 Å². The first-order valence-electron chi connectivity index (χ1n) is 10.1. The summed E-state index contributed by atoms with van der Waals surface area (Å²) >= 11 is 1.39. The third kappa shape index (κ3) is 3.63. The van der Waals surface area contributed by atoms with Gasteiger partial charge in [-0.1, -0.05) is 6.07 Å². The van der Waals surface area contributed by atoms with Gasteiger partial charge in [0.1, 0.15) is 11.5 Å². The largest absolute Gasteiger partial charge is 0.333 e. The fourth-order valence-corrected chi connectivity index (χ4v) is 4.87. The van der Waals surface area contributed by atoms with Crippen LogP contribution in [0.3, 0.4) is 0 Å². The number of rotatable bonds is 3. The first-order chi connectivity index (χ1) is 15.1. The maximum absolute atomic E-state index is 12.9. The average Bonchev–Trinajstić information content (AvgIpc) is 3.51. The number of thiophene rings is 1. The van der Waals surface area contributed by atoms with Crippen molar-refractivity contribution in [2.24, 2.45) is 0 Å². The van der Waals surface area contributed by atoms with Gasteiger partial charge in [0.2, 0.25) is 0 Å². The van der Waals surface area contributed by atoms with Gasteiger partial charge in [0.05, 0.1) is 34.9 Å². The van der Waals surface area contributed by atoms with Crippen molar-refractivity contribution in [2.75, 3.05) is 13.1 Å². The van der Waals surface area contributed by atoms with E-state index in [1.165, 1.54) is 29.9 Å². The number of carbonyl (C=O) groups is 2. The minimum Gasteiger partial charge on any atom is -0.333 e. The van der Waals surface area contributed by atoms with Crippen LogP contribution in [-0.2, 0) is 13.0 Å². The second-order valence-electron chi connectivity index (χ2n) is 7.58. The molecule has 1 fully saturated rings. The molecule has 9 nitrogen and oxygen atoms in total. The van der Waals surface area contributed by atoms with Gasteiger partial charge in [-0.3, -0.25) is 19.4 Å². The molecule has 5 rings (SSSR count). The Balaban J connectivity index is 1.40. The lowest BCUT2D eigenvalue weighted by Crippen LogP contribution is -2.40. The van der Waals surface area contributed by atoms with E-state index in [9.17, 15) is 14.4 Å².